The van der Waals surface area contributed by atoms with Crippen LogP contribution in [0.2, 0.25) is 5.02 Å². The van der Waals surface area contributed by atoms with Crippen LogP contribution in [0.15, 0.2) is 17.7 Å². The van der Waals surface area contributed by atoms with Crippen molar-refractivity contribution in [3.8, 4) is 17.6 Å². The minimum atomic E-state index is -0.349. The lowest BCUT2D eigenvalue weighted by atomic mass is 10.1. The quantitative estimate of drug-likeness (QED) is 0.513. The molecule has 1 aromatic carbocycles. The van der Waals surface area contributed by atoms with E-state index in [9.17, 15) is 10.1 Å². The number of nitrogens with one attached hydrogen (secondary N) is 1. The molecule has 0 aromatic heterocycles. The van der Waals surface area contributed by atoms with Gasteiger partial charge in [0.2, 0.25) is 6.79 Å². The molecule has 0 atom stereocenters. The molecule has 1 heterocycles. The minimum absolute atomic E-state index is 0.0417. The van der Waals surface area contributed by atoms with Gasteiger partial charge in [0, 0.05) is 12.1 Å². The monoisotopic (exact) mass is 346 g/mol. The van der Waals surface area contributed by atoms with Crippen LogP contribution in [-0.4, -0.2) is 18.7 Å². The summed E-state index contributed by atoms with van der Waals surface area (Å²) in [4.78, 5) is 12.4. The molecular formula is C18H19ClN2O3. The predicted molar refractivity (Wildman–Crippen MR) is 90.8 cm³/mol. The van der Waals surface area contributed by atoms with Crippen LogP contribution in [0.3, 0.4) is 0 Å². The molecule has 0 spiro atoms. The number of carbonyl (C=O) groups is 1. The van der Waals surface area contributed by atoms with Gasteiger partial charge >= 0.3 is 0 Å². The molecule has 3 rings (SSSR count). The predicted octanol–water partition coefficient (Wildman–Crippen LogP) is 3.81. The summed E-state index contributed by atoms with van der Waals surface area (Å²) in [5, 5.41) is 12.7. The van der Waals surface area contributed by atoms with E-state index < -0.39 is 0 Å². The zero-order valence-electron chi connectivity index (χ0n) is 13.3. The third-order valence-electron chi connectivity index (χ3n) is 4.35. The number of amides is 1. The van der Waals surface area contributed by atoms with Crippen molar-refractivity contribution in [2.24, 2.45) is 0 Å². The molecule has 5 nitrogen and oxygen atoms in total. The summed E-state index contributed by atoms with van der Waals surface area (Å²) >= 11 is 6.21. The van der Waals surface area contributed by atoms with Crippen LogP contribution in [-0.2, 0) is 4.79 Å². The highest BCUT2D eigenvalue weighted by molar-refractivity contribution is 6.32. The third kappa shape index (κ3) is 3.82. The molecule has 1 saturated carbocycles. The molecule has 1 amide bonds. The Morgan fingerprint density at radius 1 is 1.21 bits per heavy atom. The SMILES string of the molecule is N#C/C(=C\c1cc2c(cc1Cl)OCO2)C(=O)NC1CCCCCC1. The van der Waals surface area contributed by atoms with Crippen LogP contribution in [0.1, 0.15) is 44.1 Å². The van der Waals surface area contributed by atoms with Gasteiger partial charge in [0.25, 0.3) is 5.91 Å². The lowest BCUT2D eigenvalue weighted by Crippen LogP contribution is -2.35. The molecule has 24 heavy (non-hydrogen) atoms. The van der Waals surface area contributed by atoms with Crippen molar-refractivity contribution in [3.05, 3.63) is 28.3 Å². The van der Waals surface area contributed by atoms with E-state index in [0.717, 1.165) is 25.7 Å². The number of rotatable bonds is 3. The van der Waals surface area contributed by atoms with Gasteiger partial charge in [0.15, 0.2) is 11.5 Å². The van der Waals surface area contributed by atoms with Gasteiger partial charge in [-0.15, -0.1) is 0 Å². The van der Waals surface area contributed by atoms with E-state index in [1.807, 2.05) is 6.07 Å². The number of halogens is 1. The zero-order valence-corrected chi connectivity index (χ0v) is 14.1. The number of benzene rings is 1. The Morgan fingerprint density at radius 3 is 2.54 bits per heavy atom. The molecule has 1 aliphatic heterocycles. The largest absolute Gasteiger partial charge is 0.454 e. The zero-order chi connectivity index (χ0) is 16.9. The summed E-state index contributed by atoms with van der Waals surface area (Å²) < 4.78 is 10.6. The van der Waals surface area contributed by atoms with Crippen LogP contribution in [0.5, 0.6) is 11.5 Å². The molecule has 0 saturated heterocycles. The molecule has 1 aliphatic carbocycles. The first kappa shape index (κ1) is 16.7. The summed E-state index contributed by atoms with van der Waals surface area (Å²) in [6, 6.07) is 5.43. The number of nitriles is 1. The van der Waals surface area contributed by atoms with E-state index in [-0.39, 0.29) is 24.3 Å². The van der Waals surface area contributed by atoms with Crippen molar-refractivity contribution in [2.75, 3.05) is 6.79 Å². The Kier molecular flexibility index (Phi) is 5.27. The van der Waals surface area contributed by atoms with Crippen molar-refractivity contribution in [2.45, 2.75) is 44.6 Å². The molecule has 1 N–H and O–H groups in total. The molecular weight excluding hydrogens is 328 g/mol. The van der Waals surface area contributed by atoms with Gasteiger partial charge in [-0.25, -0.2) is 0 Å². The first-order valence-corrected chi connectivity index (χ1v) is 8.57. The summed E-state index contributed by atoms with van der Waals surface area (Å²) in [5.74, 6) is 0.781. The van der Waals surface area contributed by atoms with Crippen LogP contribution in [0, 0.1) is 11.3 Å². The number of fused-ring (bicyclic) bond motifs is 1. The second-order valence-corrected chi connectivity index (χ2v) is 6.47. The smallest absolute Gasteiger partial charge is 0.262 e. The van der Waals surface area contributed by atoms with Crippen molar-refractivity contribution in [1.29, 1.82) is 5.26 Å². The Hall–Kier alpha value is -2.19. The highest BCUT2D eigenvalue weighted by Crippen LogP contribution is 2.37. The van der Waals surface area contributed by atoms with E-state index in [0.29, 0.717) is 22.1 Å². The lowest BCUT2D eigenvalue weighted by Gasteiger charge is -2.15. The average molecular weight is 347 g/mol. The van der Waals surface area contributed by atoms with Gasteiger partial charge in [0.1, 0.15) is 11.6 Å². The topological polar surface area (TPSA) is 71.3 Å². The van der Waals surface area contributed by atoms with Crippen molar-refractivity contribution >= 4 is 23.6 Å². The number of ether oxygens (including phenoxy) is 2. The Balaban J connectivity index is 1.76. The van der Waals surface area contributed by atoms with Crippen LogP contribution < -0.4 is 14.8 Å². The van der Waals surface area contributed by atoms with E-state index in [2.05, 4.69) is 5.32 Å². The summed E-state index contributed by atoms with van der Waals surface area (Å²) in [5.41, 5.74) is 0.605. The number of hydrogen-bond acceptors (Lipinski definition) is 4. The number of nitrogens with zero attached hydrogens (tertiary/aromatic N) is 1. The minimum Gasteiger partial charge on any atom is -0.454 e. The summed E-state index contributed by atoms with van der Waals surface area (Å²) in [7, 11) is 0. The van der Waals surface area contributed by atoms with Crippen molar-refractivity contribution in [1.82, 2.24) is 5.32 Å². The Bertz CT molecular complexity index is 701. The standard InChI is InChI=1S/C18H19ClN2O3/c19-15-9-17-16(23-11-24-17)8-12(15)7-13(10-20)18(22)21-14-5-3-1-2-4-6-14/h7-9,14H,1-6,11H2,(H,21,22)/b13-7+. The fraction of sp³-hybridized carbons (Fsp3) is 0.444. The fourth-order valence-corrected chi connectivity index (χ4v) is 3.24. The van der Waals surface area contributed by atoms with Gasteiger partial charge in [-0.05, 0) is 30.5 Å². The fourth-order valence-electron chi connectivity index (χ4n) is 3.03. The normalized spacial score (nSPS) is 17.9. The Labute approximate surface area is 146 Å². The maximum atomic E-state index is 12.4. The average Bonchev–Trinajstić information content (AvgIpc) is 2.86. The van der Waals surface area contributed by atoms with Gasteiger partial charge in [-0.2, -0.15) is 5.26 Å². The number of carbonyl (C=O) groups excluding carboxylic acids is 1. The van der Waals surface area contributed by atoms with Gasteiger partial charge in [-0.1, -0.05) is 37.3 Å². The maximum Gasteiger partial charge on any atom is 0.262 e. The molecule has 1 fully saturated rings. The van der Waals surface area contributed by atoms with Crippen LogP contribution in [0.25, 0.3) is 6.08 Å². The van der Waals surface area contributed by atoms with Crippen molar-refractivity contribution in [3.63, 3.8) is 0 Å². The Morgan fingerprint density at radius 2 is 1.88 bits per heavy atom. The second kappa shape index (κ2) is 7.59. The molecule has 0 unspecified atom stereocenters. The summed E-state index contributed by atoms with van der Waals surface area (Å²) in [6.45, 7) is 0.145. The van der Waals surface area contributed by atoms with E-state index in [1.165, 1.54) is 18.9 Å². The molecule has 2 aliphatic rings. The molecule has 0 radical (unpaired) electrons. The van der Waals surface area contributed by atoms with E-state index >= 15 is 0 Å². The highest BCUT2D eigenvalue weighted by Gasteiger charge is 2.19. The first-order chi connectivity index (χ1) is 11.7. The van der Waals surface area contributed by atoms with Crippen LogP contribution in [0.4, 0.5) is 0 Å². The molecule has 0 bridgehead atoms. The first-order valence-electron chi connectivity index (χ1n) is 8.19. The third-order valence-corrected chi connectivity index (χ3v) is 4.67. The van der Waals surface area contributed by atoms with Gasteiger partial charge in [0.05, 0.1) is 5.02 Å². The van der Waals surface area contributed by atoms with Crippen molar-refractivity contribution < 1.29 is 14.3 Å². The lowest BCUT2D eigenvalue weighted by molar-refractivity contribution is -0.117. The molecule has 1 aromatic rings. The number of hydrogen-bond donors (Lipinski definition) is 1. The summed E-state index contributed by atoms with van der Waals surface area (Å²) in [6.07, 6.45) is 8.08. The van der Waals surface area contributed by atoms with Crippen LogP contribution >= 0.6 is 11.6 Å². The molecule has 126 valence electrons. The molecule has 6 heteroatoms. The highest BCUT2D eigenvalue weighted by atomic mass is 35.5. The van der Waals surface area contributed by atoms with E-state index in [4.69, 9.17) is 21.1 Å². The van der Waals surface area contributed by atoms with Gasteiger partial charge in [-0.3, -0.25) is 4.79 Å². The maximum absolute atomic E-state index is 12.4. The second-order valence-electron chi connectivity index (χ2n) is 6.06. The van der Waals surface area contributed by atoms with Gasteiger partial charge < -0.3 is 14.8 Å². The van der Waals surface area contributed by atoms with E-state index in [1.54, 1.807) is 12.1 Å².